The number of carbonyl (C=O) groups excluding carboxylic acids is 1. The molecule has 5 rings (SSSR count). The summed E-state index contributed by atoms with van der Waals surface area (Å²) in [5.74, 6) is -0.874. The van der Waals surface area contributed by atoms with Gasteiger partial charge in [0.25, 0.3) is 5.91 Å². The van der Waals surface area contributed by atoms with E-state index in [0.29, 0.717) is 17.5 Å². The molecule has 0 spiro atoms. The first-order chi connectivity index (χ1) is 14.6. The number of carbonyl (C=O) groups is 1. The summed E-state index contributed by atoms with van der Waals surface area (Å²) < 4.78 is 35.0. The molecule has 0 radical (unpaired) electrons. The number of imidazole rings is 1. The van der Waals surface area contributed by atoms with Crippen LogP contribution in [-0.2, 0) is 0 Å². The second-order valence-electron chi connectivity index (χ2n) is 7.18. The molecule has 4 aromatic rings. The lowest BCUT2D eigenvalue weighted by atomic mass is 10.1. The number of hydrogen-bond acceptors (Lipinski definition) is 3. The lowest BCUT2D eigenvalue weighted by Gasteiger charge is -2.07. The summed E-state index contributed by atoms with van der Waals surface area (Å²) in [7, 11) is 0. The van der Waals surface area contributed by atoms with Crippen LogP contribution in [0, 0.1) is 11.6 Å². The van der Waals surface area contributed by atoms with Crippen LogP contribution in [0.25, 0.3) is 22.7 Å². The van der Waals surface area contributed by atoms with Gasteiger partial charge in [-0.25, -0.2) is 13.8 Å². The van der Waals surface area contributed by atoms with Crippen LogP contribution in [0.4, 0.5) is 14.5 Å². The summed E-state index contributed by atoms with van der Waals surface area (Å²) in [6, 6.07) is 15.6. The zero-order valence-corrected chi connectivity index (χ0v) is 15.8. The highest BCUT2D eigenvalue weighted by Crippen LogP contribution is 2.42. The van der Waals surface area contributed by atoms with Crippen LogP contribution in [0.5, 0.6) is 0 Å². The number of hydrogen-bond donors (Lipinski definition) is 1. The highest BCUT2D eigenvalue weighted by atomic mass is 19.1. The van der Waals surface area contributed by atoms with Crippen LogP contribution >= 0.6 is 0 Å². The first-order valence-electron chi connectivity index (χ1n) is 9.59. The van der Waals surface area contributed by atoms with Crippen molar-refractivity contribution < 1.29 is 18.0 Å². The minimum Gasteiger partial charge on any atom is -0.449 e. The van der Waals surface area contributed by atoms with E-state index < -0.39 is 11.7 Å². The minimum atomic E-state index is -0.549. The minimum absolute atomic E-state index is 0.0573. The molecule has 0 bridgehead atoms. The van der Waals surface area contributed by atoms with E-state index in [4.69, 9.17) is 4.42 Å². The Bertz CT molecular complexity index is 1220. The molecule has 5 nitrogen and oxygen atoms in total. The third kappa shape index (κ3) is 3.39. The maximum Gasteiger partial charge on any atom is 0.291 e. The number of para-hydroxylation sites is 1. The number of halogens is 2. The van der Waals surface area contributed by atoms with Gasteiger partial charge in [0, 0.05) is 11.6 Å². The fraction of sp³-hybridized carbons (Fsp3) is 0.130. The molecule has 1 aliphatic rings. The highest BCUT2D eigenvalue weighted by molar-refractivity contribution is 6.02. The van der Waals surface area contributed by atoms with Gasteiger partial charge in [0.05, 0.1) is 17.7 Å². The lowest BCUT2D eigenvalue weighted by molar-refractivity contribution is 0.0997. The molecule has 30 heavy (non-hydrogen) atoms. The van der Waals surface area contributed by atoms with E-state index in [1.165, 1.54) is 24.3 Å². The number of anilines is 1. The second kappa shape index (κ2) is 7.26. The number of nitrogens with one attached hydrogen (secondary N) is 1. The number of amides is 1. The molecule has 1 amide bonds. The Morgan fingerprint density at radius 2 is 1.80 bits per heavy atom. The Morgan fingerprint density at radius 1 is 1.03 bits per heavy atom. The van der Waals surface area contributed by atoms with Crippen molar-refractivity contribution in [3.8, 4) is 22.7 Å². The van der Waals surface area contributed by atoms with Crippen molar-refractivity contribution in [1.82, 2.24) is 9.55 Å². The van der Waals surface area contributed by atoms with Gasteiger partial charge in [-0.05, 0) is 61.4 Å². The van der Waals surface area contributed by atoms with E-state index in [0.717, 1.165) is 24.1 Å². The summed E-state index contributed by atoms with van der Waals surface area (Å²) in [6.07, 6.45) is 3.81. The van der Waals surface area contributed by atoms with Gasteiger partial charge in [0.15, 0.2) is 11.5 Å². The average molecular weight is 405 g/mol. The number of aromatic nitrogens is 2. The average Bonchev–Trinajstić information content (AvgIpc) is 3.31. The normalized spacial score (nSPS) is 13.4. The molecule has 1 saturated carbocycles. The van der Waals surface area contributed by atoms with Gasteiger partial charge in [0.1, 0.15) is 17.3 Å². The van der Waals surface area contributed by atoms with E-state index in [2.05, 4.69) is 10.3 Å². The van der Waals surface area contributed by atoms with Gasteiger partial charge in [-0.3, -0.25) is 4.79 Å². The van der Waals surface area contributed by atoms with E-state index >= 15 is 0 Å². The Labute approximate surface area is 171 Å². The quantitative estimate of drug-likeness (QED) is 0.465. The molecule has 0 saturated heterocycles. The van der Waals surface area contributed by atoms with E-state index in [1.807, 2.05) is 4.57 Å². The molecule has 150 valence electrons. The summed E-state index contributed by atoms with van der Waals surface area (Å²) in [4.78, 5) is 17.1. The van der Waals surface area contributed by atoms with Crippen molar-refractivity contribution in [2.45, 2.75) is 18.9 Å². The van der Waals surface area contributed by atoms with Gasteiger partial charge in [0.2, 0.25) is 0 Å². The van der Waals surface area contributed by atoms with Crippen LogP contribution in [-0.4, -0.2) is 15.5 Å². The SMILES string of the molecule is O=C(Nc1ccccc1F)c1ccc(-c2c(-c3ccc(F)cc3)ncn2C2CC2)o1. The largest absolute Gasteiger partial charge is 0.449 e. The molecule has 1 N–H and O–H groups in total. The molecular formula is C23H17F2N3O2. The summed E-state index contributed by atoms with van der Waals surface area (Å²) in [5.41, 5.74) is 2.21. The zero-order chi connectivity index (χ0) is 20.7. The van der Waals surface area contributed by atoms with Crippen molar-refractivity contribution in [3.05, 3.63) is 84.4 Å². The molecule has 2 heterocycles. The highest BCUT2D eigenvalue weighted by Gasteiger charge is 2.30. The predicted molar refractivity (Wildman–Crippen MR) is 108 cm³/mol. The zero-order valence-electron chi connectivity index (χ0n) is 15.8. The van der Waals surface area contributed by atoms with Crippen molar-refractivity contribution in [2.24, 2.45) is 0 Å². The van der Waals surface area contributed by atoms with E-state index in [-0.39, 0.29) is 17.3 Å². The summed E-state index contributed by atoms with van der Waals surface area (Å²) in [6.45, 7) is 0. The predicted octanol–water partition coefficient (Wildman–Crippen LogP) is 5.68. The fourth-order valence-corrected chi connectivity index (χ4v) is 3.39. The van der Waals surface area contributed by atoms with Crippen molar-refractivity contribution in [2.75, 3.05) is 5.32 Å². The number of nitrogens with zero attached hydrogens (tertiary/aromatic N) is 2. The third-order valence-electron chi connectivity index (χ3n) is 5.04. The summed E-state index contributed by atoms with van der Waals surface area (Å²) >= 11 is 0. The van der Waals surface area contributed by atoms with Crippen LogP contribution in [0.3, 0.4) is 0 Å². The van der Waals surface area contributed by atoms with Crippen LogP contribution in [0.15, 0.2) is 71.4 Å². The molecule has 2 aromatic heterocycles. The Hall–Kier alpha value is -3.74. The molecule has 0 unspecified atom stereocenters. The number of rotatable bonds is 5. The fourth-order valence-electron chi connectivity index (χ4n) is 3.39. The van der Waals surface area contributed by atoms with Gasteiger partial charge in [-0.1, -0.05) is 12.1 Å². The molecule has 7 heteroatoms. The van der Waals surface area contributed by atoms with Crippen molar-refractivity contribution in [3.63, 3.8) is 0 Å². The molecule has 2 aromatic carbocycles. The maximum absolute atomic E-state index is 13.8. The maximum atomic E-state index is 13.8. The number of benzene rings is 2. The Kier molecular flexibility index (Phi) is 4.43. The Balaban J connectivity index is 1.50. The van der Waals surface area contributed by atoms with Gasteiger partial charge < -0.3 is 14.3 Å². The van der Waals surface area contributed by atoms with Crippen molar-refractivity contribution in [1.29, 1.82) is 0 Å². The van der Waals surface area contributed by atoms with Crippen LogP contribution in [0.1, 0.15) is 29.4 Å². The van der Waals surface area contributed by atoms with Crippen LogP contribution < -0.4 is 5.32 Å². The topological polar surface area (TPSA) is 60.1 Å². The molecular weight excluding hydrogens is 388 g/mol. The molecule has 0 aliphatic heterocycles. The molecule has 1 fully saturated rings. The second-order valence-corrected chi connectivity index (χ2v) is 7.18. The van der Waals surface area contributed by atoms with Gasteiger partial charge >= 0.3 is 0 Å². The monoisotopic (exact) mass is 405 g/mol. The third-order valence-corrected chi connectivity index (χ3v) is 5.04. The first-order valence-corrected chi connectivity index (χ1v) is 9.59. The summed E-state index contributed by atoms with van der Waals surface area (Å²) in [5, 5.41) is 2.52. The standard InChI is InChI=1S/C23H17F2N3O2/c24-15-7-5-14(6-8-15)21-22(28(13-26-21)16-9-10-16)19-11-12-20(30-19)23(29)27-18-4-2-1-3-17(18)25/h1-8,11-13,16H,9-10H2,(H,27,29). The van der Waals surface area contributed by atoms with Crippen molar-refractivity contribution >= 4 is 11.6 Å². The van der Waals surface area contributed by atoms with Gasteiger partial charge in [-0.2, -0.15) is 0 Å². The van der Waals surface area contributed by atoms with E-state index in [1.54, 1.807) is 42.7 Å². The lowest BCUT2D eigenvalue weighted by Crippen LogP contribution is -2.11. The van der Waals surface area contributed by atoms with E-state index in [9.17, 15) is 13.6 Å². The van der Waals surface area contributed by atoms with Gasteiger partial charge in [-0.15, -0.1) is 0 Å². The molecule has 0 atom stereocenters. The first kappa shape index (κ1) is 18.3. The molecule has 1 aliphatic carbocycles. The Morgan fingerprint density at radius 3 is 2.53 bits per heavy atom. The number of furan rings is 1. The van der Waals surface area contributed by atoms with Crippen LogP contribution in [0.2, 0.25) is 0 Å². The smallest absolute Gasteiger partial charge is 0.291 e.